The van der Waals surface area contributed by atoms with E-state index < -0.39 is 29.1 Å². The Morgan fingerprint density at radius 3 is 2.57 bits per heavy atom. The second-order valence-electron chi connectivity index (χ2n) is 7.93. The summed E-state index contributed by atoms with van der Waals surface area (Å²) in [6.45, 7) is 6.87. The molecule has 1 amide bonds. The summed E-state index contributed by atoms with van der Waals surface area (Å²) in [7, 11) is 0. The molecule has 154 valence electrons. The lowest BCUT2D eigenvalue weighted by Crippen LogP contribution is -2.47. The van der Waals surface area contributed by atoms with E-state index in [2.05, 4.69) is 4.98 Å². The SMILES string of the molecule is CC(c1nc2ccc(F)cc2c(=O)n1-c1cccc(C#N)c1)N(C(=O)O)C(C)(C)C. The van der Waals surface area contributed by atoms with Crippen molar-refractivity contribution in [2.24, 2.45) is 0 Å². The second kappa shape index (κ2) is 7.59. The zero-order valence-electron chi connectivity index (χ0n) is 17.0. The van der Waals surface area contributed by atoms with Gasteiger partial charge in [-0.2, -0.15) is 5.26 Å². The maximum Gasteiger partial charge on any atom is 0.408 e. The number of aromatic nitrogens is 2. The lowest BCUT2D eigenvalue weighted by Gasteiger charge is -2.38. The Morgan fingerprint density at radius 2 is 1.97 bits per heavy atom. The number of carboxylic acid groups (broad SMARTS) is 1. The van der Waals surface area contributed by atoms with E-state index in [9.17, 15) is 24.3 Å². The van der Waals surface area contributed by atoms with Gasteiger partial charge in [0.25, 0.3) is 5.56 Å². The Morgan fingerprint density at radius 1 is 1.27 bits per heavy atom. The van der Waals surface area contributed by atoms with Gasteiger partial charge in [-0.3, -0.25) is 14.3 Å². The maximum absolute atomic E-state index is 13.8. The van der Waals surface area contributed by atoms with Gasteiger partial charge < -0.3 is 5.11 Å². The summed E-state index contributed by atoms with van der Waals surface area (Å²) < 4.78 is 15.1. The fourth-order valence-electron chi connectivity index (χ4n) is 3.57. The molecule has 0 aliphatic heterocycles. The number of hydrogen-bond donors (Lipinski definition) is 1. The molecule has 0 radical (unpaired) electrons. The summed E-state index contributed by atoms with van der Waals surface area (Å²) >= 11 is 0. The van der Waals surface area contributed by atoms with Gasteiger partial charge in [-0.25, -0.2) is 14.2 Å². The van der Waals surface area contributed by atoms with Gasteiger partial charge in [-0.15, -0.1) is 0 Å². The number of amides is 1. The average Bonchev–Trinajstić information content (AvgIpc) is 2.66. The zero-order valence-corrected chi connectivity index (χ0v) is 17.0. The maximum atomic E-state index is 13.8. The molecule has 0 aliphatic carbocycles. The number of benzene rings is 2. The monoisotopic (exact) mass is 408 g/mol. The molecule has 0 aliphatic rings. The largest absolute Gasteiger partial charge is 0.465 e. The topological polar surface area (TPSA) is 99.2 Å². The van der Waals surface area contributed by atoms with E-state index in [1.54, 1.807) is 45.9 Å². The smallest absolute Gasteiger partial charge is 0.408 e. The minimum Gasteiger partial charge on any atom is -0.465 e. The molecule has 30 heavy (non-hydrogen) atoms. The molecule has 0 fully saturated rings. The number of carbonyl (C=O) groups is 1. The van der Waals surface area contributed by atoms with Crippen molar-refractivity contribution in [3.63, 3.8) is 0 Å². The fourth-order valence-corrected chi connectivity index (χ4v) is 3.57. The van der Waals surface area contributed by atoms with Gasteiger partial charge in [0.2, 0.25) is 0 Å². The summed E-state index contributed by atoms with van der Waals surface area (Å²) in [5.74, 6) is -0.409. The third-order valence-electron chi connectivity index (χ3n) is 4.78. The zero-order chi connectivity index (χ0) is 22.2. The molecule has 1 atom stereocenters. The number of fused-ring (bicyclic) bond motifs is 1. The minimum absolute atomic E-state index is 0.0611. The van der Waals surface area contributed by atoms with Crippen LogP contribution in [0.5, 0.6) is 0 Å². The first-order valence-corrected chi connectivity index (χ1v) is 9.29. The van der Waals surface area contributed by atoms with Gasteiger partial charge in [-0.1, -0.05) is 6.07 Å². The van der Waals surface area contributed by atoms with Crippen molar-refractivity contribution in [3.8, 4) is 11.8 Å². The molecule has 1 aromatic heterocycles. The van der Waals surface area contributed by atoms with Crippen LogP contribution in [0.2, 0.25) is 0 Å². The number of nitrogens with zero attached hydrogens (tertiary/aromatic N) is 4. The van der Waals surface area contributed by atoms with Crippen LogP contribution in [0.4, 0.5) is 9.18 Å². The van der Waals surface area contributed by atoms with Gasteiger partial charge in [0, 0.05) is 5.54 Å². The molecule has 0 bridgehead atoms. The van der Waals surface area contributed by atoms with Gasteiger partial charge in [0.15, 0.2) is 0 Å². The predicted molar refractivity (Wildman–Crippen MR) is 110 cm³/mol. The van der Waals surface area contributed by atoms with Crippen LogP contribution in [0.3, 0.4) is 0 Å². The van der Waals surface area contributed by atoms with Crippen LogP contribution in [-0.4, -0.2) is 31.2 Å². The van der Waals surface area contributed by atoms with E-state index in [1.165, 1.54) is 27.7 Å². The van der Waals surface area contributed by atoms with Crippen molar-refractivity contribution in [2.75, 3.05) is 0 Å². The van der Waals surface area contributed by atoms with Crippen LogP contribution in [-0.2, 0) is 0 Å². The summed E-state index contributed by atoms with van der Waals surface area (Å²) in [6.07, 6.45) is -1.17. The van der Waals surface area contributed by atoms with Crippen LogP contribution < -0.4 is 5.56 Å². The van der Waals surface area contributed by atoms with E-state index >= 15 is 0 Å². The van der Waals surface area contributed by atoms with E-state index in [0.29, 0.717) is 11.3 Å². The molecular formula is C22H21FN4O3. The van der Waals surface area contributed by atoms with Crippen molar-refractivity contribution in [3.05, 3.63) is 70.0 Å². The van der Waals surface area contributed by atoms with Gasteiger partial charge in [0.05, 0.1) is 34.3 Å². The highest BCUT2D eigenvalue weighted by Crippen LogP contribution is 2.29. The molecule has 3 rings (SSSR count). The lowest BCUT2D eigenvalue weighted by atomic mass is 10.0. The van der Waals surface area contributed by atoms with E-state index in [1.807, 2.05) is 6.07 Å². The first-order valence-electron chi connectivity index (χ1n) is 9.29. The van der Waals surface area contributed by atoms with Crippen LogP contribution in [0.25, 0.3) is 16.6 Å². The Kier molecular flexibility index (Phi) is 5.31. The Balaban J connectivity index is 2.40. The summed E-state index contributed by atoms with van der Waals surface area (Å²) in [4.78, 5) is 31.1. The fraction of sp³-hybridized carbons (Fsp3) is 0.273. The van der Waals surface area contributed by atoms with Crippen molar-refractivity contribution in [1.29, 1.82) is 5.26 Å². The average molecular weight is 408 g/mol. The van der Waals surface area contributed by atoms with Crippen LogP contribution >= 0.6 is 0 Å². The molecule has 1 heterocycles. The van der Waals surface area contributed by atoms with Crippen molar-refractivity contribution in [1.82, 2.24) is 14.5 Å². The molecule has 1 N–H and O–H groups in total. The molecule has 8 heteroatoms. The predicted octanol–water partition coefficient (Wildman–Crippen LogP) is 4.24. The van der Waals surface area contributed by atoms with Gasteiger partial charge in [-0.05, 0) is 64.1 Å². The minimum atomic E-state index is -1.17. The second-order valence-corrected chi connectivity index (χ2v) is 7.93. The molecule has 3 aromatic rings. The summed E-state index contributed by atoms with van der Waals surface area (Å²) in [6, 6.07) is 11.2. The lowest BCUT2D eigenvalue weighted by molar-refractivity contribution is 0.0719. The molecule has 1 unspecified atom stereocenters. The molecule has 0 saturated carbocycles. The molecular weight excluding hydrogens is 387 g/mol. The number of hydrogen-bond acceptors (Lipinski definition) is 4. The van der Waals surface area contributed by atoms with Gasteiger partial charge in [0.1, 0.15) is 11.6 Å². The van der Waals surface area contributed by atoms with E-state index in [4.69, 9.17) is 0 Å². The summed E-state index contributed by atoms with van der Waals surface area (Å²) in [5, 5.41) is 19.1. The number of rotatable bonds is 3. The Hall–Kier alpha value is -3.73. The Bertz CT molecular complexity index is 1240. The van der Waals surface area contributed by atoms with Crippen LogP contribution in [0.1, 0.15) is 45.1 Å². The first kappa shape index (κ1) is 21.0. The highest BCUT2D eigenvalue weighted by molar-refractivity contribution is 5.78. The van der Waals surface area contributed by atoms with Crippen molar-refractivity contribution in [2.45, 2.75) is 39.3 Å². The number of halogens is 1. The van der Waals surface area contributed by atoms with Crippen molar-refractivity contribution < 1.29 is 14.3 Å². The molecule has 7 nitrogen and oxygen atoms in total. The first-order chi connectivity index (χ1) is 14.0. The van der Waals surface area contributed by atoms with E-state index in [0.717, 1.165) is 6.07 Å². The molecule has 0 spiro atoms. The normalized spacial score (nSPS) is 12.4. The van der Waals surface area contributed by atoms with Gasteiger partial charge >= 0.3 is 6.09 Å². The quantitative estimate of drug-likeness (QED) is 0.699. The highest BCUT2D eigenvalue weighted by atomic mass is 19.1. The third-order valence-corrected chi connectivity index (χ3v) is 4.78. The number of nitriles is 1. The molecule has 2 aromatic carbocycles. The standard InChI is InChI=1S/C22H21FN4O3/c1-13(27(21(29)30)22(2,3)4)19-25-18-9-8-15(23)11-17(18)20(28)26(19)16-7-5-6-14(10-16)12-24/h5-11,13H,1-4H3,(H,29,30). The molecule has 0 saturated heterocycles. The summed E-state index contributed by atoms with van der Waals surface area (Å²) in [5.41, 5.74) is -0.395. The van der Waals surface area contributed by atoms with Crippen molar-refractivity contribution >= 4 is 17.0 Å². The highest BCUT2D eigenvalue weighted by Gasteiger charge is 2.34. The third kappa shape index (κ3) is 3.74. The van der Waals surface area contributed by atoms with Crippen LogP contribution in [0, 0.1) is 17.1 Å². The Labute approximate surface area is 172 Å². The van der Waals surface area contributed by atoms with Crippen LogP contribution in [0.15, 0.2) is 47.3 Å². The van der Waals surface area contributed by atoms with E-state index in [-0.39, 0.29) is 16.7 Å².